The molecule has 0 amide bonds. The molecule has 2 aliphatic heterocycles. The summed E-state index contributed by atoms with van der Waals surface area (Å²) >= 11 is 0. The molecule has 4 unspecified atom stereocenters. The molecule has 0 aliphatic carbocycles. The molecule has 0 aromatic heterocycles. The molecule has 138 valence electrons. The van der Waals surface area contributed by atoms with Crippen LogP contribution in [0.25, 0.3) is 0 Å². The van der Waals surface area contributed by atoms with Crippen molar-refractivity contribution in [1.82, 2.24) is 0 Å². The van der Waals surface area contributed by atoms with Gasteiger partial charge in [-0.15, -0.1) is 0 Å². The maximum absolute atomic E-state index is 10.1. The van der Waals surface area contributed by atoms with E-state index < -0.39 is 28.6 Å². The average molecular weight is 364 g/mol. The molecular weight excluding hydrogens is 344 g/mol. The van der Waals surface area contributed by atoms with Gasteiger partial charge in [-0.2, -0.15) is 15.8 Å². The van der Waals surface area contributed by atoms with Crippen molar-refractivity contribution in [3.8, 4) is 24.0 Å². The molecule has 2 fully saturated rings. The fourth-order valence-electron chi connectivity index (χ4n) is 4.43. The molecule has 2 saturated heterocycles. The van der Waals surface area contributed by atoms with E-state index in [1.54, 1.807) is 31.2 Å². The van der Waals surface area contributed by atoms with Crippen molar-refractivity contribution < 1.29 is 14.2 Å². The van der Waals surface area contributed by atoms with Crippen molar-refractivity contribution in [3.05, 3.63) is 29.8 Å². The van der Waals surface area contributed by atoms with E-state index in [2.05, 4.69) is 6.07 Å². The van der Waals surface area contributed by atoms with Gasteiger partial charge in [-0.3, -0.25) is 5.41 Å². The van der Waals surface area contributed by atoms with Crippen molar-refractivity contribution in [1.29, 1.82) is 21.2 Å². The lowest BCUT2D eigenvalue weighted by Gasteiger charge is -2.48. The Kier molecular flexibility index (Phi) is 4.34. The highest BCUT2D eigenvalue weighted by Crippen LogP contribution is 2.67. The summed E-state index contributed by atoms with van der Waals surface area (Å²) < 4.78 is 17.2. The van der Waals surface area contributed by atoms with Gasteiger partial charge in [0.1, 0.15) is 11.9 Å². The van der Waals surface area contributed by atoms with Crippen LogP contribution in [0.2, 0.25) is 0 Å². The first kappa shape index (κ1) is 18.7. The van der Waals surface area contributed by atoms with Crippen LogP contribution >= 0.6 is 0 Å². The number of nitrogens with one attached hydrogen (secondary N) is 1. The zero-order valence-corrected chi connectivity index (χ0v) is 15.4. The normalized spacial score (nSPS) is 33.3. The molecule has 3 rings (SSSR count). The van der Waals surface area contributed by atoms with Gasteiger partial charge in [0.05, 0.1) is 30.7 Å². The Balaban J connectivity index is 2.22. The zero-order valence-electron chi connectivity index (χ0n) is 15.4. The van der Waals surface area contributed by atoms with E-state index in [1.807, 2.05) is 26.0 Å². The summed E-state index contributed by atoms with van der Waals surface area (Å²) in [4.78, 5) is 0. The number of rotatable bonds is 4. The fourth-order valence-corrected chi connectivity index (χ4v) is 4.43. The molecule has 0 saturated carbocycles. The van der Waals surface area contributed by atoms with Crippen LogP contribution in [0, 0.1) is 56.2 Å². The first-order valence-electron chi connectivity index (χ1n) is 8.81. The Morgan fingerprint density at radius 3 is 2.22 bits per heavy atom. The van der Waals surface area contributed by atoms with Crippen LogP contribution in [0.5, 0.6) is 5.75 Å². The Labute approximate surface area is 158 Å². The van der Waals surface area contributed by atoms with Crippen LogP contribution in [-0.4, -0.2) is 18.3 Å². The smallest absolute Gasteiger partial charge is 0.214 e. The molecule has 27 heavy (non-hydrogen) atoms. The molecule has 1 N–H and O–H groups in total. The molecule has 2 heterocycles. The van der Waals surface area contributed by atoms with Crippen LogP contribution in [-0.2, 0) is 9.47 Å². The zero-order chi connectivity index (χ0) is 19.9. The van der Waals surface area contributed by atoms with Gasteiger partial charge in [0.25, 0.3) is 0 Å². The molecule has 0 radical (unpaired) electrons. The first-order valence-corrected chi connectivity index (χ1v) is 8.81. The van der Waals surface area contributed by atoms with Gasteiger partial charge >= 0.3 is 0 Å². The number of hydrogen-bond acceptors (Lipinski definition) is 7. The molecule has 0 spiro atoms. The highest BCUT2D eigenvalue weighted by Gasteiger charge is 2.78. The second kappa shape index (κ2) is 6.27. The Morgan fingerprint density at radius 1 is 1.11 bits per heavy atom. The van der Waals surface area contributed by atoms with Crippen molar-refractivity contribution in [3.63, 3.8) is 0 Å². The molecule has 4 atom stereocenters. The van der Waals surface area contributed by atoms with Crippen molar-refractivity contribution in [2.45, 2.75) is 39.1 Å². The van der Waals surface area contributed by atoms with Gasteiger partial charge in [-0.1, -0.05) is 19.1 Å². The number of hydrogen-bond donors (Lipinski definition) is 1. The minimum Gasteiger partial charge on any atom is -0.494 e. The SMILES string of the molecule is CCOc1ccc(C2OC3(C)OC(=N)C(C#N)(C3CC)C2(C#N)C#N)cc1. The quantitative estimate of drug-likeness (QED) is 0.873. The molecule has 7 nitrogen and oxygen atoms in total. The van der Waals surface area contributed by atoms with E-state index in [1.165, 1.54) is 0 Å². The Morgan fingerprint density at radius 2 is 1.74 bits per heavy atom. The number of ether oxygens (including phenoxy) is 3. The van der Waals surface area contributed by atoms with E-state index in [0.29, 0.717) is 24.3 Å². The minimum absolute atomic E-state index is 0.379. The maximum Gasteiger partial charge on any atom is 0.214 e. The second-order valence-corrected chi connectivity index (χ2v) is 6.86. The van der Waals surface area contributed by atoms with Crippen molar-refractivity contribution >= 4 is 5.90 Å². The average Bonchev–Trinajstić information content (AvgIpc) is 2.85. The molecular formula is C20H20N4O3. The number of nitrogens with zero attached hydrogens (tertiary/aromatic N) is 3. The summed E-state index contributed by atoms with van der Waals surface area (Å²) in [7, 11) is 0. The predicted molar refractivity (Wildman–Crippen MR) is 94.1 cm³/mol. The third-order valence-corrected chi connectivity index (χ3v) is 5.62. The van der Waals surface area contributed by atoms with Gasteiger partial charge < -0.3 is 14.2 Å². The Hall–Kier alpha value is -3.08. The lowest BCUT2D eigenvalue weighted by molar-refractivity contribution is -0.273. The maximum atomic E-state index is 10.1. The molecule has 2 bridgehead atoms. The summed E-state index contributed by atoms with van der Waals surface area (Å²) in [6.07, 6.45) is -0.619. The van der Waals surface area contributed by atoms with Gasteiger partial charge in [-0.05, 0) is 31.0 Å². The summed E-state index contributed by atoms with van der Waals surface area (Å²) in [5.74, 6) is -1.60. The van der Waals surface area contributed by atoms with Gasteiger partial charge in [0, 0.05) is 6.92 Å². The standard InChI is InChI=1S/C20H20N4O3/c1-4-15-18(3)26-16(13-6-8-14(9-7-13)25-5-2)19(10-21,11-22)20(15,12-23)17(24)27-18/h6-9,15-16,24H,4-5H2,1-3H3. The summed E-state index contributed by atoms with van der Waals surface area (Å²) in [6, 6.07) is 13.0. The van der Waals surface area contributed by atoms with E-state index >= 15 is 0 Å². The lowest BCUT2D eigenvalue weighted by atomic mass is 9.53. The van der Waals surface area contributed by atoms with Crippen LogP contribution in [0.4, 0.5) is 0 Å². The third kappa shape index (κ3) is 2.17. The number of benzene rings is 1. The monoisotopic (exact) mass is 364 g/mol. The van der Waals surface area contributed by atoms with Crippen molar-refractivity contribution in [2.75, 3.05) is 6.61 Å². The van der Waals surface area contributed by atoms with E-state index in [9.17, 15) is 15.8 Å². The number of nitriles is 3. The van der Waals surface area contributed by atoms with Crippen LogP contribution in [0.3, 0.4) is 0 Å². The van der Waals surface area contributed by atoms with Crippen LogP contribution in [0.15, 0.2) is 24.3 Å². The van der Waals surface area contributed by atoms with E-state index in [4.69, 9.17) is 19.6 Å². The predicted octanol–water partition coefficient (Wildman–Crippen LogP) is 3.45. The summed E-state index contributed by atoms with van der Waals surface area (Å²) in [5, 5.41) is 38.5. The second-order valence-electron chi connectivity index (χ2n) is 6.86. The Bertz CT molecular complexity index is 878. The number of fused-ring (bicyclic) bond motifs is 2. The first-order chi connectivity index (χ1) is 12.9. The summed E-state index contributed by atoms with van der Waals surface area (Å²) in [6.45, 7) is 5.88. The van der Waals surface area contributed by atoms with Crippen molar-refractivity contribution in [2.24, 2.45) is 16.7 Å². The summed E-state index contributed by atoms with van der Waals surface area (Å²) in [5.41, 5.74) is -3.07. The lowest BCUT2D eigenvalue weighted by Crippen LogP contribution is -2.58. The van der Waals surface area contributed by atoms with Crippen LogP contribution in [0.1, 0.15) is 38.9 Å². The molecule has 1 aromatic carbocycles. The molecule has 2 aliphatic rings. The molecule has 1 aromatic rings. The topological polar surface area (TPSA) is 123 Å². The van der Waals surface area contributed by atoms with Gasteiger partial charge in [0.15, 0.2) is 5.41 Å². The van der Waals surface area contributed by atoms with Gasteiger partial charge in [0.2, 0.25) is 17.1 Å². The largest absolute Gasteiger partial charge is 0.494 e. The minimum atomic E-state index is -1.91. The fraction of sp³-hybridized carbons (Fsp3) is 0.500. The van der Waals surface area contributed by atoms with Gasteiger partial charge in [-0.25, -0.2) is 0 Å². The molecule has 7 heteroatoms. The highest BCUT2D eigenvalue weighted by atomic mass is 16.7. The highest BCUT2D eigenvalue weighted by molar-refractivity contribution is 5.89. The van der Waals surface area contributed by atoms with E-state index in [-0.39, 0.29) is 5.90 Å². The third-order valence-electron chi connectivity index (χ3n) is 5.62. The van der Waals surface area contributed by atoms with E-state index in [0.717, 1.165) is 0 Å². The van der Waals surface area contributed by atoms with Crippen LogP contribution < -0.4 is 4.74 Å².